The van der Waals surface area contributed by atoms with Crippen LogP contribution in [0.15, 0.2) is 48.8 Å². The zero-order valence-corrected chi connectivity index (χ0v) is 16.2. The fourth-order valence-electron chi connectivity index (χ4n) is 3.70. The third-order valence-corrected chi connectivity index (χ3v) is 4.99. The fraction of sp³-hybridized carbons (Fsp3) is 0.318. The quantitative estimate of drug-likeness (QED) is 0.733. The molecule has 6 heteroatoms. The number of nitrogens with zero attached hydrogens (tertiary/aromatic N) is 3. The first kappa shape index (κ1) is 18.4. The lowest BCUT2D eigenvalue weighted by Gasteiger charge is -2.21. The molecule has 2 aromatic heterocycles. The van der Waals surface area contributed by atoms with Gasteiger partial charge >= 0.3 is 0 Å². The van der Waals surface area contributed by atoms with Gasteiger partial charge in [0.1, 0.15) is 0 Å². The first-order valence-electron chi connectivity index (χ1n) is 9.63. The Kier molecular flexibility index (Phi) is 5.21. The number of hydrogen-bond acceptors (Lipinski definition) is 5. The van der Waals surface area contributed by atoms with Crippen LogP contribution in [0.1, 0.15) is 29.4 Å². The van der Waals surface area contributed by atoms with Gasteiger partial charge in [0, 0.05) is 54.5 Å². The molecule has 28 heavy (non-hydrogen) atoms. The smallest absolute Gasteiger partial charge is 0.257 e. The number of aromatic nitrogens is 2. The average molecular weight is 376 g/mol. The van der Waals surface area contributed by atoms with Crippen molar-refractivity contribution in [1.29, 1.82) is 0 Å². The molecule has 0 aliphatic carbocycles. The lowest BCUT2D eigenvalue weighted by molar-refractivity contribution is 0.0788. The lowest BCUT2D eigenvalue weighted by atomic mass is 10.1. The Hall–Kier alpha value is -2.99. The number of fused-ring (bicyclic) bond motifs is 1. The van der Waals surface area contributed by atoms with Crippen molar-refractivity contribution in [1.82, 2.24) is 9.97 Å². The van der Waals surface area contributed by atoms with Gasteiger partial charge in [0.25, 0.3) is 5.91 Å². The lowest BCUT2D eigenvalue weighted by Crippen LogP contribution is -2.23. The molecule has 1 amide bonds. The normalized spacial score (nSPS) is 16.5. The molecular weight excluding hydrogens is 352 g/mol. The zero-order valence-electron chi connectivity index (χ0n) is 16.2. The maximum atomic E-state index is 12.4. The summed E-state index contributed by atoms with van der Waals surface area (Å²) in [5, 5.41) is 4.02. The first-order chi connectivity index (χ1) is 13.6. The second kappa shape index (κ2) is 7.94. The molecular formula is C22H24N4O2. The van der Waals surface area contributed by atoms with Crippen LogP contribution in [0.3, 0.4) is 0 Å². The van der Waals surface area contributed by atoms with Gasteiger partial charge in [-0.25, -0.2) is 0 Å². The molecule has 0 radical (unpaired) electrons. The van der Waals surface area contributed by atoms with Gasteiger partial charge in [-0.15, -0.1) is 0 Å². The molecule has 0 spiro atoms. The standard InChI is InChI=1S/C22H24N4O2/c1-3-28-18-8-10-26(14-18)21-11-15(2)24-20-12-17(6-7-19(20)21)25-22(27)16-5-4-9-23-13-16/h4-7,9,11-13,18H,3,8,10,14H2,1-2H3,(H,25,27). The van der Waals surface area contributed by atoms with Gasteiger partial charge in [0.15, 0.2) is 0 Å². The minimum atomic E-state index is -0.181. The maximum Gasteiger partial charge on any atom is 0.257 e. The Balaban J connectivity index is 1.61. The van der Waals surface area contributed by atoms with E-state index in [9.17, 15) is 4.79 Å². The van der Waals surface area contributed by atoms with Crippen molar-refractivity contribution < 1.29 is 9.53 Å². The summed E-state index contributed by atoms with van der Waals surface area (Å²) in [6, 6.07) is 11.5. The van der Waals surface area contributed by atoms with E-state index in [0.717, 1.165) is 48.4 Å². The minimum Gasteiger partial charge on any atom is -0.377 e. The van der Waals surface area contributed by atoms with Crippen LogP contribution in [-0.2, 0) is 4.74 Å². The van der Waals surface area contributed by atoms with E-state index in [1.807, 2.05) is 32.0 Å². The molecule has 1 saturated heterocycles. The highest BCUT2D eigenvalue weighted by atomic mass is 16.5. The number of hydrogen-bond donors (Lipinski definition) is 1. The molecule has 3 aromatic rings. The first-order valence-corrected chi connectivity index (χ1v) is 9.63. The van der Waals surface area contributed by atoms with Crippen LogP contribution in [0, 0.1) is 6.92 Å². The maximum absolute atomic E-state index is 12.4. The number of amides is 1. The van der Waals surface area contributed by atoms with Crippen molar-refractivity contribution in [3.8, 4) is 0 Å². The van der Waals surface area contributed by atoms with E-state index in [1.54, 1.807) is 24.5 Å². The van der Waals surface area contributed by atoms with Gasteiger partial charge in [-0.1, -0.05) is 0 Å². The highest BCUT2D eigenvalue weighted by molar-refractivity contribution is 6.05. The second-order valence-electron chi connectivity index (χ2n) is 7.02. The third kappa shape index (κ3) is 3.82. The second-order valence-corrected chi connectivity index (χ2v) is 7.02. The van der Waals surface area contributed by atoms with Crippen LogP contribution in [0.4, 0.5) is 11.4 Å². The third-order valence-electron chi connectivity index (χ3n) is 4.99. The Morgan fingerprint density at radius 1 is 1.32 bits per heavy atom. The average Bonchev–Trinajstić information content (AvgIpc) is 3.16. The molecule has 1 N–H and O–H groups in total. The molecule has 1 fully saturated rings. The monoisotopic (exact) mass is 376 g/mol. The van der Waals surface area contributed by atoms with Crippen molar-refractivity contribution >= 4 is 28.2 Å². The molecule has 4 rings (SSSR count). The molecule has 1 unspecified atom stereocenters. The van der Waals surface area contributed by atoms with E-state index in [2.05, 4.69) is 26.3 Å². The van der Waals surface area contributed by atoms with Gasteiger partial charge in [-0.2, -0.15) is 0 Å². The van der Waals surface area contributed by atoms with Crippen LogP contribution in [0.2, 0.25) is 0 Å². The Bertz CT molecular complexity index is 990. The van der Waals surface area contributed by atoms with Crippen LogP contribution >= 0.6 is 0 Å². The number of benzene rings is 1. The summed E-state index contributed by atoms with van der Waals surface area (Å²) < 4.78 is 5.79. The number of carbonyl (C=O) groups is 1. The topological polar surface area (TPSA) is 67.3 Å². The number of ether oxygens (including phenoxy) is 1. The van der Waals surface area contributed by atoms with Crippen molar-refractivity contribution in [2.75, 3.05) is 29.9 Å². The van der Waals surface area contributed by atoms with E-state index in [-0.39, 0.29) is 12.0 Å². The molecule has 0 saturated carbocycles. The highest BCUT2D eigenvalue weighted by Gasteiger charge is 2.24. The van der Waals surface area contributed by atoms with Gasteiger partial charge in [0.2, 0.25) is 0 Å². The van der Waals surface area contributed by atoms with Crippen molar-refractivity contribution in [2.24, 2.45) is 0 Å². The van der Waals surface area contributed by atoms with Crippen LogP contribution in [-0.4, -0.2) is 41.7 Å². The summed E-state index contributed by atoms with van der Waals surface area (Å²) in [5.41, 5.74) is 4.25. The summed E-state index contributed by atoms with van der Waals surface area (Å²) in [7, 11) is 0. The number of rotatable bonds is 5. The summed E-state index contributed by atoms with van der Waals surface area (Å²) in [6.07, 6.45) is 4.52. The summed E-state index contributed by atoms with van der Waals surface area (Å²) >= 11 is 0. The Morgan fingerprint density at radius 3 is 3.00 bits per heavy atom. The number of carbonyl (C=O) groups excluding carboxylic acids is 1. The van der Waals surface area contributed by atoms with E-state index in [1.165, 1.54) is 5.69 Å². The molecule has 1 aliphatic rings. The Morgan fingerprint density at radius 2 is 2.21 bits per heavy atom. The van der Waals surface area contributed by atoms with E-state index in [0.29, 0.717) is 5.56 Å². The molecule has 0 bridgehead atoms. The molecule has 1 atom stereocenters. The van der Waals surface area contributed by atoms with Crippen molar-refractivity contribution in [2.45, 2.75) is 26.4 Å². The van der Waals surface area contributed by atoms with E-state index >= 15 is 0 Å². The number of nitrogens with one attached hydrogen (secondary N) is 1. The molecule has 1 aromatic carbocycles. The van der Waals surface area contributed by atoms with Crippen LogP contribution < -0.4 is 10.2 Å². The van der Waals surface area contributed by atoms with Gasteiger partial charge in [-0.05, 0) is 56.7 Å². The van der Waals surface area contributed by atoms with Gasteiger partial charge in [-0.3, -0.25) is 14.8 Å². The van der Waals surface area contributed by atoms with Crippen molar-refractivity contribution in [3.63, 3.8) is 0 Å². The largest absolute Gasteiger partial charge is 0.377 e. The highest BCUT2D eigenvalue weighted by Crippen LogP contribution is 2.31. The molecule has 144 valence electrons. The predicted octanol–water partition coefficient (Wildman–Crippen LogP) is 3.81. The molecule has 3 heterocycles. The number of anilines is 2. The fourth-order valence-corrected chi connectivity index (χ4v) is 3.70. The van der Waals surface area contributed by atoms with Crippen LogP contribution in [0.25, 0.3) is 10.9 Å². The predicted molar refractivity (Wildman–Crippen MR) is 111 cm³/mol. The van der Waals surface area contributed by atoms with E-state index < -0.39 is 0 Å². The summed E-state index contributed by atoms with van der Waals surface area (Å²) in [6.45, 7) is 6.65. The minimum absolute atomic E-state index is 0.181. The van der Waals surface area contributed by atoms with Crippen molar-refractivity contribution in [3.05, 3.63) is 60.0 Å². The van der Waals surface area contributed by atoms with Crippen LogP contribution in [0.5, 0.6) is 0 Å². The Labute approximate surface area is 164 Å². The SMILES string of the molecule is CCOC1CCN(c2cc(C)nc3cc(NC(=O)c4cccnc4)ccc23)C1. The van der Waals surface area contributed by atoms with Gasteiger partial charge < -0.3 is 15.0 Å². The molecule has 1 aliphatic heterocycles. The summed E-state index contributed by atoms with van der Waals surface area (Å²) in [4.78, 5) is 23.4. The van der Waals surface area contributed by atoms with E-state index in [4.69, 9.17) is 4.74 Å². The zero-order chi connectivity index (χ0) is 19.5. The van der Waals surface area contributed by atoms with Gasteiger partial charge in [0.05, 0.1) is 17.2 Å². The number of pyridine rings is 2. The molecule has 6 nitrogen and oxygen atoms in total. The summed E-state index contributed by atoms with van der Waals surface area (Å²) in [5.74, 6) is -0.181. The number of aryl methyl sites for hydroxylation is 1.